The molecule has 9 nitrogen and oxygen atoms in total. The van der Waals surface area contributed by atoms with Gasteiger partial charge in [-0.25, -0.2) is 8.42 Å². The van der Waals surface area contributed by atoms with Gasteiger partial charge in [0.1, 0.15) is 0 Å². The van der Waals surface area contributed by atoms with Crippen LogP contribution in [0.25, 0.3) is 0 Å². The highest BCUT2D eigenvalue weighted by atomic mass is 32.2. The first-order valence-electron chi connectivity index (χ1n) is 9.81. The Balaban J connectivity index is 1.96. The maximum Gasteiger partial charge on any atom is 0.308 e. The Morgan fingerprint density at radius 3 is 2.45 bits per heavy atom. The Bertz CT molecular complexity index is 1100. The van der Waals surface area contributed by atoms with E-state index in [4.69, 9.17) is 4.74 Å². The van der Waals surface area contributed by atoms with Crippen molar-refractivity contribution in [2.24, 2.45) is 0 Å². The van der Waals surface area contributed by atoms with Gasteiger partial charge in [0.15, 0.2) is 6.61 Å². The lowest BCUT2D eigenvalue weighted by Crippen LogP contribution is -2.31. The van der Waals surface area contributed by atoms with E-state index in [9.17, 15) is 22.8 Å². The average molecular weight is 470 g/mol. The van der Waals surface area contributed by atoms with Gasteiger partial charge in [-0.15, -0.1) is 0 Å². The van der Waals surface area contributed by atoms with Crippen molar-refractivity contribution in [3.8, 4) is 0 Å². The predicted octanol–water partition coefficient (Wildman–Crippen LogP) is 2.13. The molecule has 2 rings (SSSR count). The zero-order valence-corrected chi connectivity index (χ0v) is 19.6. The number of esters is 1. The molecular weight excluding hydrogens is 442 g/mol. The van der Waals surface area contributed by atoms with Gasteiger partial charge >= 0.3 is 10.8 Å². The molecule has 0 unspecified atom stereocenters. The molecule has 1 N–H and O–H groups in total. The van der Waals surface area contributed by atoms with Crippen molar-refractivity contribution in [3.63, 3.8) is 0 Å². The zero-order chi connectivity index (χ0) is 23.2. The number of nitrogens with one attached hydrogen (secondary N) is 1. The summed E-state index contributed by atoms with van der Waals surface area (Å²) in [7, 11) is -3.68. The fourth-order valence-electron chi connectivity index (χ4n) is 2.95. The molecule has 0 aliphatic carbocycles. The standard InChI is InChI=1S/C20H27N3O6S2/c1-5-22(6-2)31(27,28)17-11-16(8-7-14(17)3)21-18(24)12-29-19(25)9-10-23-15(4)13-30-20(23)26/h7-8,11,13H,5-6,9-10,12H2,1-4H3,(H,21,24). The summed E-state index contributed by atoms with van der Waals surface area (Å²) in [6.45, 7) is 7.31. The summed E-state index contributed by atoms with van der Waals surface area (Å²) in [4.78, 5) is 35.6. The first-order valence-corrected chi connectivity index (χ1v) is 12.1. The van der Waals surface area contributed by atoms with Crippen LogP contribution < -0.4 is 10.2 Å². The molecule has 0 spiro atoms. The fourth-order valence-corrected chi connectivity index (χ4v) is 5.42. The minimum absolute atomic E-state index is 0.0401. The molecule has 31 heavy (non-hydrogen) atoms. The van der Waals surface area contributed by atoms with Gasteiger partial charge in [-0.2, -0.15) is 4.31 Å². The number of sulfonamides is 1. The molecule has 170 valence electrons. The number of amides is 1. The smallest absolute Gasteiger partial charge is 0.308 e. The summed E-state index contributed by atoms with van der Waals surface area (Å²) in [6, 6.07) is 4.59. The number of thiazole rings is 1. The summed E-state index contributed by atoms with van der Waals surface area (Å²) in [5, 5.41) is 4.25. The van der Waals surface area contributed by atoms with Crippen molar-refractivity contribution >= 4 is 38.9 Å². The van der Waals surface area contributed by atoms with E-state index in [-0.39, 0.29) is 28.4 Å². The van der Waals surface area contributed by atoms with Crippen molar-refractivity contribution in [1.29, 1.82) is 0 Å². The van der Waals surface area contributed by atoms with Crippen LogP contribution in [-0.4, -0.2) is 48.9 Å². The summed E-state index contributed by atoms with van der Waals surface area (Å²) in [5.74, 6) is -1.20. The van der Waals surface area contributed by atoms with E-state index >= 15 is 0 Å². The number of nitrogens with zero attached hydrogens (tertiary/aromatic N) is 2. The first kappa shape index (κ1) is 24.8. The minimum atomic E-state index is -3.68. The van der Waals surface area contributed by atoms with Crippen molar-refractivity contribution in [2.75, 3.05) is 25.0 Å². The van der Waals surface area contributed by atoms with E-state index in [2.05, 4.69) is 5.32 Å². The molecule has 1 amide bonds. The van der Waals surface area contributed by atoms with E-state index < -0.39 is 28.5 Å². The third-order valence-corrected chi connectivity index (χ3v) is 7.75. The van der Waals surface area contributed by atoms with Gasteiger partial charge in [0.05, 0.1) is 11.3 Å². The average Bonchev–Trinajstić information content (AvgIpc) is 3.04. The van der Waals surface area contributed by atoms with Gasteiger partial charge < -0.3 is 14.6 Å². The van der Waals surface area contributed by atoms with Crippen LogP contribution in [0.4, 0.5) is 5.69 Å². The number of carbonyl (C=O) groups is 2. The van der Waals surface area contributed by atoms with Crippen LogP contribution in [0.2, 0.25) is 0 Å². The molecule has 2 aromatic rings. The molecule has 0 fully saturated rings. The molecule has 0 saturated heterocycles. The van der Waals surface area contributed by atoms with Crippen molar-refractivity contribution in [2.45, 2.75) is 45.6 Å². The molecule has 1 aromatic heterocycles. The number of carbonyl (C=O) groups excluding carboxylic acids is 2. The van der Waals surface area contributed by atoms with E-state index in [1.54, 1.807) is 45.2 Å². The Morgan fingerprint density at radius 2 is 1.87 bits per heavy atom. The molecule has 0 aliphatic heterocycles. The molecular formula is C20H27N3O6S2. The van der Waals surface area contributed by atoms with Gasteiger partial charge in [-0.05, 0) is 31.5 Å². The highest BCUT2D eigenvalue weighted by Gasteiger charge is 2.24. The van der Waals surface area contributed by atoms with Crippen LogP contribution in [0, 0.1) is 13.8 Å². The maximum absolute atomic E-state index is 12.8. The van der Waals surface area contributed by atoms with Crippen LogP contribution in [0.1, 0.15) is 31.5 Å². The largest absolute Gasteiger partial charge is 0.456 e. The van der Waals surface area contributed by atoms with E-state index in [0.29, 0.717) is 18.7 Å². The maximum atomic E-state index is 12.8. The van der Waals surface area contributed by atoms with E-state index in [0.717, 1.165) is 17.0 Å². The molecule has 11 heteroatoms. The second kappa shape index (κ2) is 10.7. The molecule has 0 saturated carbocycles. The Kier molecular flexibility index (Phi) is 8.54. The zero-order valence-electron chi connectivity index (χ0n) is 18.0. The monoisotopic (exact) mass is 469 g/mol. The normalized spacial score (nSPS) is 11.5. The molecule has 0 radical (unpaired) electrons. The lowest BCUT2D eigenvalue weighted by atomic mass is 10.2. The van der Waals surface area contributed by atoms with Crippen LogP contribution in [0.3, 0.4) is 0 Å². The molecule has 0 bridgehead atoms. The molecule has 0 aliphatic rings. The fraction of sp³-hybridized carbons (Fsp3) is 0.450. The Morgan fingerprint density at radius 1 is 1.19 bits per heavy atom. The van der Waals surface area contributed by atoms with Gasteiger partial charge in [-0.3, -0.25) is 14.4 Å². The number of hydrogen-bond acceptors (Lipinski definition) is 7. The Labute approximate surface area is 185 Å². The third kappa shape index (κ3) is 6.25. The van der Waals surface area contributed by atoms with Gasteiger partial charge in [0.2, 0.25) is 10.0 Å². The van der Waals surface area contributed by atoms with E-state index in [1.165, 1.54) is 14.9 Å². The quantitative estimate of drug-likeness (QED) is 0.533. The van der Waals surface area contributed by atoms with Gasteiger partial charge in [0.25, 0.3) is 5.91 Å². The second-order valence-corrected chi connectivity index (χ2v) is 9.55. The molecule has 1 aromatic carbocycles. The van der Waals surface area contributed by atoms with Crippen LogP contribution in [-0.2, 0) is 30.9 Å². The Hall–Kier alpha value is -2.50. The van der Waals surface area contributed by atoms with Crippen molar-refractivity contribution in [1.82, 2.24) is 8.87 Å². The number of rotatable bonds is 10. The van der Waals surface area contributed by atoms with Crippen LogP contribution in [0.15, 0.2) is 33.3 Å². The number of aryl methyl sites for hydroxylation is 2. The van der Waals surface area contributed by atoms with Crippen molar-refractivity contribution in [3.05, 3.63) is 44.5 Å². The minimum Gasteiger partial charge on any atom is -0.456 e. The molecule has 1 heterocycles. The van der Waals surface area contributed by atoms with Gasteiger partial charge in [0, 0.05) is 36.4 Å². The first-order chi connectivity index (χ1) is 14.6. The summed E-state index contributed by atoms with van der Waals surface area (Å²) >= 11 is 1.06. The SMILES string of the molecule is CCN(CC)S(=O)(=O)c1cc(NC(=O)COC(=O)CCn2c(C)csc2=O)ccc1C. The number of ether oxygens (including phenoxy) is 1. The number of aromatic nitrogens is 1. The lowest BCUT2D eigenvalue weighted by molar-refractivity contribution is -0.147. The van der Waals surface area contributed by atoms with Crippen molar-refractivity contribution < 1.29 is 22.7 Å². The molecule has 0 atom stereocenters. The predicted molar refractivity (Wildman–Crippen MR) is 119 cm³/mol. The summed E-state index contributed by atoms with van der Waals surface area (Å²) in [5.41, 5.74) is 1.61. The summed E-state index contributed by atoms with van der Waals surface area (Å²) < 4.78 is 33.4. The van der Waals surface area contributed by atoms with Crippen LogP contribution in [0.5, 0.6) is 0 Å². The van der Waals surface area contributed by atoms with E-state index in [1.807, 2.05) is 0 Å². The lowest BCUT2D eigenvalue weighted by Gasteiger charge is -2.20. The summed E-state index contributed by atoms with van der Waals surface area (Å²) in [6.07, 6.45) is -0.0401. The number of benzene rings is 1. The van der Waals surface area contributed by atoms with Gasteiger partial charge in [-0.1, -0.05) is 31.3 Å². The van der Waals surface area contributed by atoms with Crippen LogP contribution >= 0.6 is 11.3 Å². The number of anilines is 1. The third-order valence-electron chi connectivity index (χ3n) is 4.68. The highest BCUT2D eigenvalue weighted by molar-refractivity contribution is 7.89. The number of hydrogen-bond donors (Lipinski definition) is 1. The second-order valence-electron chi connectivity index (χ2n) is 6.82. The highest BCUT2D eigenvalue weighted by Crippen LogP contribution is 2.23. The topological polar surface area (TPSA) is 115 Å².